The lowest BCUT2D eigenvalue weighted by Crippen LogP contribution is -2.21. The molecular formula is C24H25N5. The Bertz CT molecular complexity index is 944. The average molecular weight is 383 g/mol. The van der Waals surface area contributed by atoms with Gasteiger partial charge in [-0.2, -0.15) is 0 Å². The molecule has 0 unspecified atom stereocenters. The Morgan fingerprint density at radius 1 is 0.759 bits per heavy atom. The molecule has 1 aromatic heterocycles. The van der Waals surface area contributed by atoms with Gasteiger partial charge in [0.2, 0.25) is 0 Å². The van der Waals surface area contributed by atoms with E-state index in [0.29, 0.717) is 19.0 Å². The van der Waals surface area contributed by atoms with Gasteiger partial charge in [-0.25, -0.2) is 4.68 Å². The van der Waals surface area contributed by atoms with E-state index in [4.69, 9.17) is 0 Å². The minimum Gasteiger partial charge on any atom is -0.310 e. The third kappa shape index (κ3) is 5.15. The molecule has 1 N–H and O–H groups in total. The zero-order chi connectivity index (χ0) is 19.7. The molecule has 4 rings (SSSR count). The number of benzene rings is 3. The Balaban J connectivity index is 1.36. The monoisotopic (exact) mass is 383 g/mol. The summed E-state index contributed by atoms with van der Waals surface area (Å²) in [5.74, 6) is 1.22. The van der Waals surface area contributed by atoms with Gasteiger partial charge in [0, 0.05) is 5.92 Å². The minimum absolute atomic E-state index is 0.366. The van der Waals surface area contributed by atoms with Gasteiger partial charge in [-0.05, 0) is 40.1 Å². The topological polar surface area (TPSA) is 55.6 Å². The fraction of sp³-hybridized carbons (Fsp3) is 0.208. The summed E-state index contributed by atoms with van der Waals surface area (Å²) in [4.78, 5) is 0. The smallest absolute Gasteiger partial charge is 0.165 e. The summed E-state index contributed by atoms with van der Waals surface area (Å²) in [5, 5.41) is 15.7. The second-order valence-electron chi connectivity index (χ2n) is 7.08. The van der Waals surface area contributed by atoms with E-state index >= 15 is 0 Å². The Morgan fingerprint density at radius 2 is 1.34 bits per heavy atom. The number of hydrogen-bond acceptors (Lipinski definition) is 4. The van der Waals surface area contributed by atoms with Crippen LogP contribution >= 0.6 is 0 Å². The molecule has 5 nitrogen and oxygen atoms in total. The lowest BCUT2D eigenvalue weighted by molar-refractivity contribution is 0.559. The quantitative estimate of drug-likeness (QED) is 0.443. The van der Waals surface area contributed by atoms with Crippen LogP contribution in [-0.4, -0.2) is 26.8 Å². The van der Waals surface area contributed by atoms with E-state index in [9.17, 15) is 0 Å². The van der Waals surface area contributed by atoms with Crippen LogP contribution in [0.15, 0.2) is 91.0 Å². The molecule has 0 saturated carbocycles. The average Bonchev–Trinajstić information content (AvgIpc) is 3.22. The van der Waals surface area contributed by atoms with Crippen LogP contribution in [-0.2, 0) is 13.1 Å². The predicted molar refractivity (Wildman–Crippen MR) is 114 cm³/mol. The van der Waals surface area contributed by atoms with Gasteiger partial charge in [-0.15, -0.1) is 5.10 Å². The predicted octanol–water partition coefficient (Wildman–Crippen LogP) is 4.03. The van der Waals surface area contributed by atoms with E-state index in [1.165, 1.54) is 16.7 Å². The lowest BCUT2D eigenvalue weighted by atomic mass is 9.88. The molecule has 4 aromatic rings. The standard InChI is InChI=1S/C24H25N5/c1-4-10-20(11-5-1)19-29-24(26-27-28-29)18-25-17-16-23(21-12-6-2-7-13-21)22-14-8-3-9-15-22/h1-15,23,25H,16-19H2. The van der Waals surface area contributed by atoms with Gasteiger partial charge in [0.25, 0.3) is 0 Å². The van der Waals surface area contributed by atoms with E-state index in [1.807, 2.05) is 22.9 Å². The van der Waals surface area contributed by atoms with Crippen molar-refractivity contribution in [3.63, 3.8) is 0 Å². The van der Waals surface area contributed by atoms with Gasteiger partial charge in [-0.3, -0.25) is 0 Å². The Hall–Kier alpha value is -3.31. The maximum Gasteiger partial charge on any atom is 0.165 e. The van der Waals surface area contributed by atoms with E-state index < -0.39 is 0 Å². The normalized spacial score (nSPS) is 11.1. The van der Waals surface area contributed by atoms with Crippen LogP contribution in [0, 0.1) is 0 Å². The van der Waals surface area contributed by atoms with Crippen LogP contribution in [0.2, 0.25) is 0 Å². The Labute approximate surface area is 171 Å². The zero-order valence-electron chi connectivity index (χ0n) is 16.4. The first kappa shape index (κ1) is 19.0. The van der Waals surface area contributed by atoms with Crippen LogP contribution in [0.4, 0.5) is 0 Å². The van der Waals surface area contributed by atoms with Crippen molar-refractivity contribution in [2.24, 2.45) is 0 Å². The van der Waals surface area contributed by atoms with Crippen LogP contribution in [0.3, 0.4) is 0 Å². The van der Waals surface area contributed by atoms with Gasteiger partial charge in [0.1, 0.15) is 0 Å². The van der Waals surface area contributed by atoms with Crippen molar-refractivity contribution in [2.75, 3.05) is 6.54 Å². The summed E-state index contributed by atoms with van der Waals surface area (Å²) in [7, 11) is 0. The summed E-state index contributed by atoms with van der Waals surface area (Å²) < 4.78 is 1.86. The molecular weight excluding hydrogens is 358 g/mol. The first-order chi connectivity index (χ1) is 14.4. The summed E-state index contributed by atoms with van der Waals surface area (Å²) in [5.41, 5.74) is 3.87. The molecule has 0 bridgehead atoms. The zero-order valence-corrected chi connectivity index (χ0v) is 16.4. The highest BCUT2D eigenvalue weighted by molar-refractivity contribution is 5.32. The number of nitrogens with zero attached hydrogens (tertiary/aromatic N) is 4. The number of tetrazole rings is 1. The van der Waals surface area contributed by atoms with E-state index in [2.05, 4.69) is 93.6 Å². The molecule has 0 aliphatic rings. The van der Waals surface area contributed by atoms with Crippen molar-refractivity contribution < 1.29 is 0 Å². The van der Waals surface area contributed by atoms with Crippen LogP contribution in [0.25, 0.3) is 0 Å². The molecule has 1 heterocycles. The van der Waals surface area contributed by atoms with Gasteiger partial charge < -0.3 is 5.32 Å². The number of hydrogen-bond donors (Lipinski definition) is 1. The Morgan fingerprint density at radius 3 is 1.97 bits per heavy atom. The third-order valence-electron chi connectivity index (χ3n) is 5.08. The molecule has 0 atom stereocenters. The maximum atomic E-state index is 4.18. The lowest BCUT2D eigenvalue weighted by Gasteiger charge is -2.18. The van der Waals surface area contributed by atoms with Crippen LogP contribution in [0.5, 0.6) is 0 Å². The molecule has 0 amide bonds. The second-order valence-corrected chi connectivity index (χ2v) is 7.08. The number of aromatic nitrogens is 4. The molecule has 0 radical (unpaired) electrons. The second kappa shape index (κ2) is 9.75. The largest absolute Gasteiger partial charge is 0.310 e. The fourth-order valence-electron chi connectivity index (χ4n) is 3.57. The summed E-state index contributed by atoms with van der Waals surface area (Å²) >= 11 is 0. The van der Waals surface area contributed by atoms with Crippen molar-refractivity contribution in [1.29, 1.82) is 0 Å². The summed E-state index contributed by atoms with van der Waals surface area (Å²) in [6, 6.07) is 31.6. The molecule has 0 aliphatic heterocycles. The van der Waals surface area contributed by atoms with Crippen molar-refractivity contribution >= 4 is 0 Å². The number of rotatable bonds is 9. The first-order valence-electron chi connectivity index (χ1n) is 10.00. The highest BCUT2D eigenvalue weighted by atomic mass is 15.5. The maximum absolute atomic E-state index is 4.18. The van der Waals surface area contributed by atoms with Crippen molar-refractivity contribution in [3.8, 4) is 0 Å². The van der Waals surface area contributed by atoms with Crippen molar-refractivity contribution in [2.45, 2.75) is 25.4 Å². The van der Waals surface area contributed by atoms with E-state index in [0.717, 1.165) is 18.8 Å². The summed E-state index contributed by atoms with van der Waals surface area (Å²) in [6.07, 6.45) is 1.01. The van der Waals surface area contributed by atoms with E-state index in [1.54, 1.807) is 0 Å². The molecule has 29 heavy (non-hydrogen) atoms. The van der Waals surface area contributed by atoms with Crippen molar-refractivity contribution in [1.82, 2.24) is 25.5 Å². The fourth-order valence-corrected chi connectivity index (χ4v) is 3.57. The molecule has 5 heteroatoms. The van der Waals surface area contributed by atoms with Gasteiger partial charge >= 0.3 is 0 Å². The Kier molecular flexibility index (Phi) is 6.40. The minimum atomic E-state index is 0.366. The third-order valence-corrected chi connectivity index (χ3v) is 5.08. The molecule has 0 spiro atoms. The van der Waals surface area contributed by atoms with Gasteiger partial charge in [0.15, 0.2) is 5.82 Å². The van der Waals surface area contributed by atoms with Crippen molar-refractivity contribution in [3.05, 3.63) is 114 Å². The highest BCUT2D eigenvalue weighted by Gasteiger charge is 2.14. The van der Waals surface area contributed by atoms with Gasteiger partial charge in [-0.1, -0.05) is 91.0 Å². The van der Waals surface area contributed by atoms with Gasteiger partial charge in [0.05, 0.1) is 13.1 Å². The summed E-state index contributed by atoms with van der Waals surface area (Å²) in [6.45, 7) is 2.21. The molecule has 0 fully saturated rings. The molecule has 3 aromatic carbocycles. The molecule has 0 saturated heterocycles. The SMILES string of the molecule is c1ccc(Cn2nnnc2CNCCC(c2ccccc2)c2ccccc2)cc1. The first-order valence-corrected chi connectivity index (χ1v) is 10.00. The molecule has 0 aliphatic carbocycles. The van der Waals surface area contributed by atoms with E-state index in [-0.39, 0.29) is 0 Å². The van der Waals surface area contributed by atoms with Crippen LogP contribution in [0.1, 0.15) is 34.9 Å². The highest BCUT2D eigenvalue weighted by Crippen LogP contribution is 2.27. The molecule has 146 valence electrons. The number of nitrogens with one attached hydrogen (secondary N) is 1. The van der Waals surface area contributed by atoms with Crippen LogP contribution < -0.4 is 5.32 Å².